The van der Waals surface area contributed by atoms with Gasteiger partial charge in [0.2, 0.25) is 0 Å². The third-order valence-electron chi connectivity index (χ3n) is 4.10. The molecule has 0 bridgehead atoms. The van der Waals surface area contributed by atoms with Gasteiger partial charge in [-0.15, -0.1) is 5.11 Å². The van der Waals surface area contributed by atoms with E-state index in [9.17, 15) is 9.59 Å². The van der Waals surface area contributed by atoms with E-state index in [0.717, 1.165) is 16.7 Å². The summed E-state index contributed by atoms with van der Waals surface area (Å²) in [7, 11) is 0. The maximum absolute atomic E-state index is 12.9. The topological polar surface area (TPSA) is 58.9 Å². The Balaban J connectivity index is 2.36. The number of ketones is 1. The molecule has 0 saturated carbocycles. The smallest absolute Gasteiger partial charge is 0.289 e. The fourth-order valence-corrected chi connectivity index (χ4v) is 2.63. The zero-order valence-corrected chi connectivity index (χ0v) is 16.3. The monoisotopic (exact) mass is 350 g/mol. The predicted molar refractivity (Wildman–Crippen MR) is 104 cm³/mol. The average Bonchev–Trinajstić information content (AvgIpc) is 2.54. The SMILES string of the molecule is CC(C)(C)C1=CC(=CN=NC(=O)c2ccccc2)C=C(C(C)(C)C)C1=O. The molecule has 0 radical (unpaired) electrons. The van der Waals surface area contributed by atoms with Crippen molar-refractivity contribution >= 4 is 11.7 Å². The number of benzene rings is 1. The number of nitrogens with zero attached hydrogens (tertiary/aromatic N) is 2. The van der Waals surface area contributed by atoms with Gasteiger partial charge in [0, 0.05) is 16.7 Å². The van der Waals surface area contributed by atoms with E-state index in [1.807, 2.05) is 59.8 Å². The minimum Gasteiger partial charge on any atom is -0.289 e. The highest BCUT2D eigenvalue weighted by Gasteiger charge is 2.33. The van der Waals surface area contributed by atoms with E-state index in [1.54, 1.807) is 24.3 Å². The van der Waals surface area contributed by atoms with Crippen LogP contribution in [0.4, 0.5) is 0 Å². The highest BCUT2D eigenvalue weighted by molar-refractivity contribution is 6.11. The number of carbonyl (C=O) groups excluding carboxylic acids is 2. The largest absolute Gasteiger partial charge is 0.295 e. The molecule has 0 fully saturated rings. The number of hydrogen-bond acceptors (Lipinski definition) is 3. The van der Waals surface area contributed by atoms with E-state index in [-0.39, 0.29) is 16.6 Å². The quantitative estimate of drug-likeness (QED) is 0.643. The van der Waals surface area contributed by atoms with Gasteiger partial charge in [0.1, 0.15) is 0 Å². The maximum Gasteiger partial charge on any atom is 0.295 e. The molecule has 1 aromatic rings. The standard InChI is InChI=1S/C22H26N2O2/c1-21(2,3)17-12-15(13-18(19(17)25)22(4,5)6)14-23-24-20(26)16-10-8-7-9-11-16/h7-14H,1-6H3. The Morgan fingerprint density at radius 2 is 1.38 bits per heavy atom. The second-order valence-corrected chi connectivity index (χ2v) is 8.46. The summed E-state index contributed by atoms with van der Waals surface area (Å²) in [5.41, 5.74) is 2.17. The number of hydrogen-bond donors (Lipinski definition) is 0. The van der Waals surface area contributed by atoms with Crippen LogP contribution < -0.4 is 0 Å². The van der Waals surface area contributed by atoms with Gasteiger partial charge in [-0.3, -0.25) is 9.59 Å². The lowest BCUT2D eigenvalue weighted by molar-refractivity contribution is -0.114. The van der Waals surface area contributed by atoms with Crippen molar-refractivity contribution in [3.05, 3.63) is 71.0 Å². The fraction of sp³-hybridized carbons (Fsp3) is 0.364. The van der Waals surface area contributed by atoms with Crippen LogP contribution in [0.25, 0.3) is 0 Å². The molecule has 0 heterocycles. The summed E-state index contributed by atoms with van der Waals surface area (Å²) in [4.78, 5) is 24.9. The van der Waals surface area contributed by atoms with Crippen molar-refractivity contribution in [2.24, 2.45) is 21.1 Å². The number of carbonyl (C=O) groups is 2. The summed E-state index contributed by atoms with van der Waals surface area (Å²) in [6.45, 7) is 12.1. The van der Waals surface area contributed by atoms with Crippen LogP contribution in [-0.4, -0.2) is 11.7 Å². The van der Waals surface area contributed by atoms with Crippen LogP contribution in [-0.2, 0) is 4.79 Å². The molecule has 0 N–H and O–H groups in total. The molecule has 136 valence electrons. The Bertz CT molecular complexity index is 791. The van der Waals surface area contributed by atoms with Crippen LogP contribution in [0, 0.1) is 10.8 Å². The summed E-state index contributed by atoms with van der Waals surface area (Å²) < 4.78 is 0. The lowest BCUT2D eigenvalue weighted by Gasteiger charge is -2.31. The highest BCUT2D eigenvalue weighted by atomic mass is 16.1. The highest BCUT2D eigenvalue weighted by Crippen LogP contribution is 2.38. The predicted octanol–water partition coefficient (Wildman–Crippen LogP) is 5.69. The van der Waals surface area contributed by atoms with Gasteiger partial charge in [-0.25, -0.2) is 0 Å². The van der Waals surface area contributed by atoms with Gasteiger partial charge < -0.3 is 0 Å². The summed E-state index contributed by atoms with van der Waals surface area (Å²) >= 11 is 0. The van der Waals surface area contributed by atoms with E-state index >= 15 is 0 Å². The lowest BCUT2D eigenvalue weighted by atomic mass is 9.72. The Morgan fingerprint density at radius 1 is 0.885 bits per heavy atom. The van der Waals surface area contributed by atoms with E-state index in [2.05, 4.69) is 10.2 Å². The van der Waals surface area contributed by atoms with Crippen molar-refractivity contribution in [1.29, 1.82) is 0 Å². The van der Waals surface area contributed by atoms with Gasteiger partial charge in [-0.2, -0.15) is 5.11 Å². The Morgan fingerprint density at radius 3 is 1.85 bits per heavy atom. The van der Waals surface area contributed by atoms with E-state index < -0.39 is 5.91 Å². The summed E-state index contributed by atoms with van der Waals surface area (Å²) in [6.07, 6.45) is 5.21. The molecule has 0 aliphatic heterocycles. The van der Waals surface area contributed by atoms with Crippen molar-refractivity contribution in [1.82, 2.24) is 0 Å². The van der Waals surface area contributed by atoms with Gasteiger partial charge in [0.15, 0.2) is 5.78 Å². The van der Waals surface area contributed by atoms with Crippen LogP contribution in [0.3, 0.4) is 0 Å². The van der Waals surface area contributed by atoms with Crippen molar-refractivity contribution in [2.75, 3.05) is 0 Å². The number of rotatable bonds is 2. The molecule has 0 atom stereocenters. The van der Waals surface area contributed by atoms with Gasteiger partial charge in [-0.05, 0) is 40.7 Å². The summed E-state index contributed by atoms with van der Waals surface area (Å²) in [5, 5.41) is 7.69. The summed E-state index contributed by atoms with van der Waals surface area (Å²) in [5.74, 6) is -0.325. The Kier molecular flexibility index (Phi) is 5.55. The van der Waals surface area contributed by atoms with Gasteiger partial charge >= 0.3 is 0 Å². The van der Waals surface area contributed by atoms with Gasteiger partial charge in [0.25, 0.3) is 5.91 Å². The van der Waals surface area contributed by atoms with E-state index in [4.69, 9.17) is 0 Å². The van der Waals surface area contributed by atoms with Crippen LogP contribution in [0.1, 0.15) is 51.9 Å². The molecule has 1 aliphatic carbocycles. The third-order valence-corrected chi connectivity index (χ3v) is 4.10. The van der Waals surface area contributed by atoms with Crippen LogP contribution >= 0.6 is 0 Å². The van der Waals surface area contributed by atoms with Crippen molar-refractivity contribution in [3.8, 4) is 0 Å². The lowest BCUT2D eigenvalue weighted by Crippen LogP contribution is -2.27. The molecule has 4 nitrogen and oxygen atoms in total. The van der Waals surface area contributed by atoms with E-state index in [0.29, 0.717) is 5.56 Å². The zero-order chi connectivity index (χ0) is 19.5. The van der Waals surface area contributed by atoms with Crippen LogP contribution in [0.5, 0.6) is 0 Å². The van der Waals surface area contributed by atoms with E-state index in [1.165, 1.54) is 6.20 Å². The van der Waals surface area contributed by atoms with Crippen LogP contribution in [0.15, 0.2) is 75.6 Å². The molecular formula is C22H26N2O2. The van der Waals surface area contributed by atoms with Crippen molar-refractivity contribution in [3.63, 3.8) is 0 Å². The molecular weight excluding hydrogens is 324 g/mol. The molecule has 2 rings (SSSR count). The maximum atomic E-state index is 12.9. The molecule has 1 aromatic carbocycles. The number of amides is 1. The second-order valence-electron chi connectivity index (χ2n) is 8.46. The minimum atomic E-state index is -0.394. The van der Waals surface area contributed by atoms with Gasteiger partial charge in [0.05, 0.1) is 6.20 Å². The number of Topliss-reactive ketones (excluding diaryl/α,β-unsaturated/α-hetero) is 1. The first kappa shape index (κ1) is 19.7. The second kappa shape index (κ2) is 7.32. The first-order valence-corrected chi connectivity index (χ1v) is 8.69. The van der Waals surface area contributed by atoms with Crippen molar-refractivity contribution < 1.29 is 9.59 Å². The first-order chi connectivity index (χ1) is 12.0. The first-order valence-electron chi connectivity index (χ1n) is 8.69. The summed E-state index contributed by atoms with van der Waals surface area (Å²) in [6, 6.07) is 8.80. The molecule has 0 aromatic heterocycles. The van der Waals surface area contributed by atoms with Gasteiger partial charge in [-0.1, -0.05) is 59.7 Å². The Hall–Kier alpha value is -2.62. The zero-order valence-electron chi connectivity index (χ0n) is 16.3. The molecule has 0 spiro atoms. The molecule has 0 unspecified atom stereocenters. The molecule has 26 heavy (non-hydrogen) atoms. The van der Waals surface area contributed by atoms with Crippen molar-refractivity contribution in [2.45, 2.75) is 41.5 Å². The fourth-order valence-electron chi connectivity index (χ4n) is 2.63. The number of allylic oxidation sites excluding steroid dienone is 5. The molecule has 4 heteroatoms. The molecule has 1 amide bonds. The average molecular weight is 350 g/mol. The normalized spacial score (nSPS) is 15.8. The minimum absolute atomic E-state index is 0.0689. The third kappa shape index (κ3) is 4.72. The molecule has 1 aliphatic rings. The number of azo groups is 1. The van der Waals surface area contributed by atoms with Crippen LogP contribution in [0.2, 0.25) is 0 Å². The molecule has 0 saturated heterocycles. The Labute approximate surface area is 155 Å².